The molecule has 0 saturated carbocycles. The van der Waals surface area contributed by atoms with Crippen LogP contribution < -0.4 is 5.32 Å². The van der Waals surface area contributed by atoms with Gasteiger partial charge >= 0.3 is 0 Å². The molecule has 0 amide bonds. The van der Waals surface area contributed by atoms with E-state index in [0.717, 1.165) is 12.1 Å². The van der Waals surface area contributed by atoms with Gasteiger partial charge in [-0.2, -0.15) is 5.10 Å². The lowest BCUT2D eigenvalue weighted by molar-refractivity contribution is 0.449. The van der Waals surface area contributed by atoms with E-state index in [9.17, 15) is 13.2 Å². The molecule has 1 aromatic carbocycles. The minimum Gasteiger partial charge on any atom is -0.377 e. The molecule has 0 spiro atoms. The first kappa shape index (κ1) is 14.7. The third-order valence-electron chi connectivity index (χ3n) is 2.93. The highest BCUT2D eigenvalue weighted by atomic mass is 35.5. The van der Waals surface area contributed by atoms with Crippen LogP contribution >= 0.6 is 11.6 Å². The topological polar surface area (TPSA) is 29.9 Å². The molecule has 0 radical (unpaired) electrons. The Kier molecular flexibility index (Phi) is 4.23. The molecule has 1 heterocycles. The van der Waals surface area contributed by atoms with E-state index < -0.39 is 17.5 Å². The predicted octanol–water partition coefficient (Wildman–Crippen LogP) is 3.89. The third kappa shape index (κ3) is 2.60. The summed E-state index contributed by atoms with van der Waals surface area (Å²) in [5, 5.41) is 7.39. The quantitative estimate of drug-likeness (QED) is 0.868. The molecule has 3 nitrogen and oxygen atoms in total. The van der Waals surface area contributed by atoms with Crippen LogP contribution in [0.5, 0.6) is 0 Å². The van der Waals surface area contributed by atoms with Crippen LogP contribution in [0, 0.1) is 24.4 Å². The average Bonchev–Trinajstić information content (AvgIpc) is 2.71. The lowest BCUT2D eigenvalue weighted by Gasteiger charge is -2.10. The van der Waals surface area contributed by atoms with Crippen molar-refractivity contribution in [3.63, 3.8) is 0 Å². The molecule has 0 atom stereocenters. The second-order valence-corrected chi connectivity index (χ2v) is 4.62. The van der Waals surface area contributed by atoms with Gasteiger partial charge in [0.1, 0.15) is 0 Å². The van der Waals surface area contributed by atoms with Crippen molar-refractivity contribution in [2.45, 2.75) is 26.9 Å². The van der Waals surface area contributed by atoms with Gasteiger partial charge in [-0.1, -0.05) is 11.6 Å². The zero-order valence-corrected chi connectivity index (χ0v) is 11.7. The third-order valence-corrected chi connectivity index (χ3v) is 3.43. The number of nitrogens with one attached hydrogen (secondary N) is 1. The highest BCUT2D eigenvalue weighted by molar-refractivity contribution is 6.31. The van der Waals surface area contributed by atoms with Crippen LogP contribution in [0.1, 0.15) is 18.3 Å². The fourth-order valence-electron chi connectivity index (χ4n) is 1.88. The number of aryl methyl sites for hydroxylation is 2. The van der Waals surface area contributed by atoms with Crippen molar-refractivity contribution >= 4 is 17.3 Å². The molecule has 0 aliphatic rings. The lowest BCUT2D eigenvalue weighted by Crippen LogP contribution is -2.10. The molecule has 0 unspecified atom stereocenters. The molecule has 0 fully saturated rings. The summed E-state index contributed by atoms with van der Waals surface area (Å²) in [4.78, 5) is 0. The summed E-state index contributed by atoms with van der Waals surface area (Å²) in [6.07, 6.45) is 0. The summed E-state index contributed by atoms with van der Waals surface area (Å²) in [5.74, 6) is -3.97. The van der Waals surface area contributed by atoms with Crippen molar-refractivity contribution in [2.75, 3.05) is 5.32 Å². The largest absolute Gasteiger partial charge is 0.377 e. The molecular weight excluding hydrogens is 291 g/mol. The number of anilines is 1. The number of aromatic nitrogens is 2. The highest BCUT2D eigenvalue weighted by Gasteiger charge is 2.16. The molecule has 1 aromatic heterocycles. The van der Waals surface area contributed by atoms with Gasteiger partial charge in [-0.05, 0) is 26.0 Å². The van der Waals surface area contributed by atoms with Gasteiger partial charge in [-0.15, -0.1) is 0 Å². The van der Waals surface area contributed by atoms with Crippen LogP contribution in [0.2, 0.25) is 5.02 Å². The first-order valence-electron chi connectivity index (χ1n) is 6.04. The van der Waals surface area contributed by atoms with Crippen molar-refractivity contribution in [3.8, 4) is 0 Å². The summed E-state index contributed by atoms with van der Waals surface area (Å²) in [7, 11) is 0. The number of halogens is 4. The first-order chi connectivity index (χ1) is 9.45. The Morgan fingerprint density at radius 2 is 1.95 bits per heavy atom. The highest BCUT2D eigenvalue weighted by Crippen LogP contribution is 2.24. The maximum Gasteiger partial charge on any atom is 0.196 e. The Labute approximate surface area is 119 Å². The number of benzene rings is 1. The summed E-state index contributed by atoms with van der Waals surface area (Å²) in [6, 6.07) is 2.01. The van der Waals surface area contributed by atoms with E-state index in [1.54, 1.807) is 11.6 Å². The van der Waals surface area contributed by atoms with E-state index in [1.807, 2.05) is 6.92 Å². The van der Waals surface area contributed by atoms with Crippen LogP contribution in [0.4, 0.5) is 18.9 Å². The van der Waals surface area contributed by atoms with E-state index in [-0.39, 0.29) is 12.2 Å². The molecule has 0 aliphatic heterocycles. The molecule has 0 bridgehead atoms. The van der Waals surface area contributed by atoms with Crippen LogP contribution in [0.25, 0.3) is 0 Å². The van der Waals surface area contributed by atoms with Gasteiger partial charge in [0.25, 0.3) is 0 Å². The normalized spacial score (nSPS) is 10.9. The van der Waals surface area contributed by atoms with Gasteiger partial charge in [0, 0.05) is 6.54 Å². The Morgan fingerprint density at radius 1 is 1.25 bits per heavy atom. The van der Waals surface area contributed by atoms with Crippen LogP contribution in [-0.2, 0) is 13.1 Å². The second-order valence-electron chi connectivity index (χ2n) is 4.24. The summed E-state index contributed by atoms with van der Waals surface area (Å²) in [5.41, 5.74) is 1.20. The molecule has 2 aromatic rings. The van der Waals surface area contributed by atoms with Gasteiger partial charge in [0.05, 0.1) is 28.6 Å². The van der Waals surface area contributed by atoms with Gasteiger partial charge in [-0.3, -0.25) is 4.68 Å². The first-order valence-corrected chi connectivity index (χ1v) is 6.42. The number of rotatable bonds is 4. The van der Waals surface area contributed by atoms with Crippen molar-refractivity contribution in [1.82, 2.24) is 9.78 Å². The monoisotopic (exact) mass is 303 g/mol. The standard InChI is InChI=1S/C13H13ClF3N3/c1-3-20-10(11(14)7(2)19-20)6-18-9-5-4-8(15)12(16)13(9)17/h4-5,18H,3,6H2,1-2H3. The van der Waals surface area contributed by atoms with Crippen molar-refractivity contribution < 1.29 is 13.2 Å². The molecule has 7 heteroatoms. The number of hydrogen-bond acceptors (Lipinski definition) is 2. The fraction of sp³-hybridized carbons (Fsp3) is 0.308. The van der Waals surface area contributed by atoms with Crippen molar-refractivity contribution in [1.29, 1.82) is 0 Å². The van der Waals surface area contributed by atoms with E-state index in [1.165, 1.54) is 0 Å². The van der Waals surface area contributed by atoms with E-state index >= 15 is 0 Å². The zero-order chi connectivity index (χ0) is 14.9. The SMILES string of the molecule is CCn1nc(C)c(Cl)c1CNc1ccc(F)c(F)c1F. The van der Waals surface area contributed by atoms with E-state index in [4.69, 9.17) is 11.6 Å². The zero-order valence-electron chi connectivity index (χ0n) is 11.0. The van der Waals surface area contributed by atoms with Gasteiger partial charge in [0.15, 0.2) is 17.5 Å². The Morgan fingerprint density at radius 3 is 2.60 bits per heavy atom. The molecule has 1 N–H and O–H groups in total. The Hall–Kier alpha value is -1.69. The van der Waals surface area contributed by atoms with Gasteiger partial charge < -0.3 is 5.32 Å². The summed E-state index contributed by atoms with van der Waals surface area (Å²) in [6.45, 7) is 4.42. The second kappa shape index (κ2) is 5.75. The van der Waals surface area contributed by atoms with E-state index in [0.29, 0.717) is 23.0 Å². The average molecular weight is 304 g/mol. The molecule has 0 saturated heterocycles. The molecule has 2 rings (SSSR count). The van der Waals surface area contributed by atoms with E-state index in [2.05, 4.69) is 10.4 Å². The van der Waals surface area contributed by atoms with Crippen molar-refractivity contribution in [2.24, 2.45) is 0 Å². The molecule has 108 valence electrons. The number of hydrogen-bond donors (Lipinski definition) is 1. The minimum absolute atomic E-state index is 0.124. The Bertz CT molecular complexity index is 640. The molecule has 0 aliphatic carbocycles. The van der Waals surface area contributed by atoms with Gasteiger partial charge in [0.2, 0.25) is 0 Å². The van der Waals surface area contributed by atoms with Crippen LogP contribution in [0.3, 0.4) is 0 Å². The predicted molar refractivity (Wildman–Crippen MR) is 71.3 cm³/mol. The maximum absolute atomic E-state index is 13.5. The lowest BCUT2D eigenvalue weighted by atomic mass is 10.2. The summed E-state index contributed by atoms with van der Waals surface area (Å²) >= 11 is 6.10. The molecule has 20 heavy (non-hydrogen) atoms. The maximum atomic E-state index is 13.5. The smallest absolute Gasteiger partial charge is 0.196 e. The summed E-state index contributed by atoms with van der Waals surface area (Å²) < 4.78 is 41.1. The van der Waals surface area contributed by atoms with Crippen LogP contribution in [0.15, 0.2) is 12.1 Å². The van der Waals surface area contributed by atoms with Gasteiger partial charge in [-0.25, -0.2) is 13.2 Å². The Balaban J connectivity index is 2.23. The number of nitrogens with zero attached hydrogens (tertiary/aromatic N) is 2. The fourth-order valence-corrected chi connectivity index (χ4v) is 2.08. The minimum atomic E-state index is -1.50. The van der Waals surface area contributed by atoms with Crippen molar-refractivity contribution in [3.05, 3.63) is 46.0 Å². The van der Waals surface area contributed by atoms with Crippen LogP contribution in [-0.4, -0.2) is 9.78 Å². The molecular formula is C13H13ClF3N3.